The van der Waals surface area contributed by atoms with Crippen LogP contribution in [0.4, 0.5) is 5.69 Å². The van der Waals surface area contributed by atoms with Crippen LogP contribution in [0.15, 0.2) is 48.5 Å². The number of methoxy groups -OCH3 is 1. The van der Waals surface area contributed by atoms with Crippen molar-refractivity contribution < 1.29 is 23.9 Å². The van der Waals surface area contributed by atoms with E-state index in [-0.39, 0.29) is 11.8 Å². The number of esters is 1. The van der Waals surface area contributed by atoms with Gasteiger partial charge in [-0.25, -0.2) is 4.79 Å². The normalized spacial score (nSPS) is 12.6. The Morgan fingerprint density at radius 1 is 0.933 bits per heavy atom. The van der Waals surface area contributed by atoms with Crippen LogP contribution in [0, 0.1) is 12.8 Å². The Morgan fingerprint density at radius 2 is 1.57 bits per heavy atom. The highest BCUT2D eigenvalue weighted by Gasteiger charge is 2.29. The standard InChI is InChI=1S/C23H28N2O5/c1-14(2)20(25-22(27)17-11-7-6-10-15(17)3)23(28)30-16(4)21(26)24-18-12-8-9-13-19(18)29-5/h6-14,16,20H,1-5H3,(H,24,26)(H,25,27)/t16?,20-/m0/s1. The molecule has 7 nitrogen and oxygen atoms in total. The number of hydrogen-bond donors (Lipinski definition) is 2. The van der Waals surface area contributed by atoms with E-state index in [9.17, 15) is 14.4 Å². The summed E-state index contributed by atoms with van der Waals surface area (Å²) >= 11 is 0. The molecule has 0 fully saturated rings. The quantitative estimate of drug-likeness (QED) is 0.649. The molecule has 0 spiro atoms. The lowest BCUT2D eigenvalue weighted by atomic mass is 10.0. The van der Waals surface area contributed by atoms with Gasteiger partial charge in [-0.15, -0.1) is 0 Å². The van der Waals surface area contributed by atoms with Gasteiger partial charge in [0.15, 0.2) is 6.10 Å². The number of nitrogens with one attached hydrogen (secondary N) is 2. The van der Waals surface area contributed by atoms with Gasteiger partial charge in [0.1, 0.15) is 11.8 Å². The Kier molecular flexibility index (Phi) is 7.98. The van der Waals surface area contributed by atoms with Crippen molar-refractivity contribution in [3.8, 4) is 5.75 Å². The van der Waals surface area contributed by atoms with Gasteiger partial charge in [-0.3, -0.25) is 9.59 Å². The average molecular weight is 412 g/mol. The zero-order chi connectivity index (χ0) is 22.3. The van der Waals surface area contributed by atoms with Gasteiger partial charge >= 0.3 is 5.97 Å². The summed E-state index contributed by atoms with van der Waals surface area (Å²) in [5, 5.41) is 5.40. The lowest BCUT2D eigenvalue weighted by molar-refractivity contribution is -0.156. The van der Waals surface area contributed by atoms with Crippen molar-refractivity contribution in [1.82, 2.24) is 5.32 Å². The second-order valence-corrected chi connectivity index (χ2v) is 7.28. The van der Waals surface area contributed by atoms with Gasteiger partial charge in [-0.2, -0.15) is 0 Å². The highest BCUT2D eigenvalue weighted by atomic mass is 16.5. The van der Waals surface area contributed by atoms with Crippen LogP contribution < -0.4 is 15.4 Å². The van der Waals surface area contributed by atoms with E-state index in [1.165, 1.54) is 14.0 Å². The summed E-state index contributed by atoms with van der Waals surface area (Å²) in [4.78, 5) is 37.8. The molecule has 0 aliphatic heterocycles. The smallest absolute Gasteiger partial charge is 0.329 e. The number of hydrogen-bond acceptors (Lipinski definition) is 5. The van der Waals surface area contributed by atoms with Gasteiger partial charge < -0.3 is 20.1 Å². The van der Waals surface area contributed by atoms with E-state index in [2.05, 4.69) is 10.6 Å². The number of benzene rings is 2. The van der Waals surface area contributed by atoms with Crippen molar-refractivity contribution in [1.29, 1.82) is 0 Å². The first kappa shape index (κ1) is 22.9. The van der Waals surface area contributed by atoms with Gasteiger partial charge in [-0.1, -0.05) is 44.2 Å². The first-order chi connectivity index (χ1) is 14.2. The van der Waals surface area contributed by atoms with E-state index >= 15 is 0 Å². The molecule has 2 aromatic carbocycles. The van der Waals surface area contributed by atoms with Crippen LogP contribution in [-0.2, 0) is 14.3 Å². The van der Waals surface area contributed by atoms with Crippen LogP contribution >= 0.6 is 0 Å². The van der Waals surface area contributed by atoms with Crippen molar-refractivity contribution in [3.05, 3.63) is 59.7 Å². The minimum atomic E-state index is -1.06. The lowest BCUT2D eigenvalue weighted by Crippen LogP contribution is -2.47. The van der Waals surface area contributed by atoms with Crippen LogP contribution in [-0.4, -0.2) is 37.0 Å². The van der Waals surface area contributed by atoms with E-state index in [0.717, 1.165) is 5.56 Å². The zero-order valence-corrected chi connectivity index (χ0v) is 17.9. The minimum Gasteiger partial charge on any atom is -0.495 e. The Labute approximate surface area is 176 Å². The number of para-hydroxylation sites is 2. The number of amides is 2. The number of anilines is 1. The maximum absolute atomic E-state index is 12.7. The number of carbonyl (C=O) groups excluding carboxylic acids is 3. The van der Waals surface area contributed by atoms with Crippen molar-refractivity contribution in [3.63, 3.8) is 0 Å². The number of aryl methyl sites for hydroxylation is 1. The van der Waals surface area contributed by atoms with Crippen LogP contribution in [0.5, 0.6) is 5.75 Å². The largest absolute Gasteiger partial charge is 0.495 e. The molecule has 7 heteroatoms. The molecule has 0 radical (unpaired) electrons. The molecule has 160 valence electrons. The maximum Gasteiger partial charge on any atom is 0.329 e. The molecular weight excluding hydrogens is 384 g/mol. The summed E-state index contributed by atoms with van der Waals surface area (Å²) in [5.74, 6) is -1.27. The Morgan fingerprint density at radius 3 is 2.20 bits per heavy atom. The summed E-state index contributed by atoms with van der Waals surface area (Å²) in [5.41, 5.74) is 1.76. The predicted octanol–water partition coefficient (Wildman–Crippen LogP) is 3.33. The molecule has 0 saturated carbocycles. The average Bonchev–Trinajstić information content (AvgIpc) is 2.72. The van der Waals surface area contributed by atoms with E-state index in [4.69, 9.17) is 9.47 Å². The molecule has 2 N–H and O–H groups in total. The van der Waals surface area contributed by atoms with Crippen LogP contribution in [0.2, 0.25) is 0 Å². The minimum absolute atomic E-state index is 0.227. The Balaban J connectivity index is 2.04. The molecule has 0 bridgehead atoms. The monoisotopic (exact) mass is 412 g/mol. The lowest BCUT2D eigenvalue weighted by Gasteiger charge is -2.23. The highest BCUT2D eigenvalue weighted by molar-refractivity contribution is 5.99. The van der Waals surface area contributed by atoms with Crippen LogP contribution in [0.3, 0.4) is 0 Å². The molecule has 0 saturated heterocycles. The van der Waals surface area contributed by atoms with E-state index in [1.54, 1.807) is 50.2 Å². The van der Waals surface area contributed by atoms with Gasteiger partial charge in [0.25, 0.3) is 11.8 Å². The molecule has 30 heavy (non-hydrogen) atoms. The summed E-state index contributed by atoms with van der Waals surface area (Å²) in [6, 6.07) is 13.1. The molecule has 0 aliphatic rings. The third-order valence-corrected chi connectivity index (χ3v) is 4.62. The zero-order valence-electron chi connectivity index (χ0n) is 17.9. The fourth-order valence-electron chi connectivity index (χ4n) is 2.83. The third kappa shape index (κ3) is 5.83. The summed E-state index contributed by atoms with van der Waals surface area (Å²) in [6.07, 6.45) is -1.06. The van der Waals surface area contributed by atoms with Gasteiger partial charge in [0.05, 0.1) is 12.8 Å². The summed E-state index contributed by atoms with van der Waals surface area (Å²) in [6.45, 7) is 6.89. The SMILES string of the molecule is COc1ccccc1NC(=O)C(C)OC(=O)[C@@H](NC(=O)c1ccccc1C)C(C)C. The second-order valence-electron chi connectivity index (χ2n) is 7.28. The van der Waals surface area contributed by atoms with E-state index < -0.39 is 24.0 Å². The molecule has 0 aliphatic carbocycles. The highest BCUT2D eigenvalue weighted by Crippen LogP contribution is 2.23. The molecule has 0 aromatic heterocycles. The first-order valence-corrected chi connectivity index (χ1v) is 9.75. The van der Waals surface area contributed by atoms with Crippen molar-refractivity contribution in [2.24, 2.45) is 5.92 Å². The second kappa shape index (κ2) is 10.4. The number of carbonyl (C=O) groups is 3. The van der Waals surface area contributed by atoms with Crippen molar-refractivity contribution in [2.45, 2.75) is 39.8 Å². The topological polar surface area (TPSA) is 93.7 Å². The number of ether oxygens (including phenoxy) is 2. The van der Waals surface area contributed by atoms with Crippen LogP contribution in [0.25, 0.3) is 0 Å². The van der Waals surface area contributed by atoms with Crippen molar-refractivity contribution >= 4 is 23.5 Å². The third-order valence-electron chi connectivity index (χ3n) is 4.62. The van der Waals surface area contributed by atoms with Gasteiger partial charge in [0.2, 0.25) is 0 Å². The van der Waals surface area contributed by atoms with Crippen LogP contribution in [0.1, 0.15) is 36.7 Å². The molecule has 2 rings (SSSR count). The summed E-state index contributed by atoms with van der Waals surface area (Å²) in [7, 11) is 1.50. The maximum atomic E-state index is 12.7. The Hall–Kier alpha value is -3.35. The Bertz CT molecular complexity index is 910. The number of rotatable bonds is 8. The predicted molar refractivity (Wildman–Crippen MR) is 114 cm³/mol. The molecule has 2 aromatic rings. The molecule has 2 atom stereocenters. The van der Waals surface area contributed by atoms with Crippen molar-refractivity contribution in [2.75, 3.05) is 12.4 Å². The van der Waals surface area contributed by atoms with E-state index in [1.807, 2.05) is 19.1 Å². The first-order valence-electron chi connectivity index (χ1n) is 9.75. The van der Waals surface area contributed by atoms with Gasteiger partial charge in [-0.05, 0) is 43.5 Å². The van der Waals surface area contributed by atoms with Gasteiger partial charge in [0, 0.05) is 5.56 Å². The fourth-order valence-corrected chi connectivity index (χ4v) is 2.83. The molecule has 2 amide bonds. The van der Waals surface area contributed by atoms with E-state index in [0.29, 0.717) is 17.0 Å². The summed E-state index contributed by atoms with van der Waals surface area (Å²) < 4.78 is 10.5. The molecular formula is C23H28N2O5. The molecule has 1 unspecified atom stereocenters. The molecule has 0 heterocycles. The fraction of sp³-hybridized carbons (Fsp3) is 0.348.